The molecule has 0 fully saturated rings. The van der Waals surface area contributed by atoms with Crippen LogP contribution in [0.3, 0.4) is 0 Å². The van der Waals surface area contributed by atoms with Crippen molar-refractivity contribution in [2.45, 2.75) is 19.8 Å². The predicted molar refractivity (Wildman–Crippen MR) is 86.6 cm³/mol. The number of aromatic nitrogens is 1. The summed E-state index contributed by atoms with van der Waals surface area (Å²) in [6.45, 7) is 2.59. The van der Waals surface area contributed by atoms with Crippen LogP contribution < -0.4 is 16.0 Å². The zero-order valence-corrected chi connectivity index (χ0v) is 12.9. The molecule has 0 spiro atoms. The summed E-state index contributed by atoms with van der Waals surface area (Å²) in [6, 6.07) is 7.16. The summed E-state index contributed by atoms with van der Waals surface area (Å²) in [7, 11) is 0. The van der Waals surface area contributed by atoms with Gasteiger partial charge in [-0.25, -0.2) is 9.78 Å². The Hall–Kier alpha value is -2.41. The van der Waals surface area contributed by atoms with E-state index >= 15 is 0 Å². The van der Waals surface area contributed by atoms with E-state index in [0.29, 0.717) is 16.6 Å². The average molecular weight is 316 g/mol. The standard InChI is InChI=1S/C15H16N4O2S/c1-9-5-2-3-6-10(9)17-14(21)19-15-18-11-7-4-8-16-13(20)12(11)22-15/h2-3,5-6H,4,7-8H2,1H3,(H,16,20)(H2,17,18,19,21). The average Bonchev–Trinajstić information content (AvgIpc) is 2.81. The molecular formula is C15H16N4O2S. The number of anilines is 2. The van der Waals surface area contributed by atoms with Gasteiger partial charge < -0.3 is 10.6 Å². The topological polar surface area (TPSA) is 83.1 Å². The molecular weight excluding hydrogens is 300 g/mol. The molecule has 6 nitrogen and oxygen atoms in total. The molecule has 3 amide bonds. The van der Waals surface area contributed by atoms with Crippen LogP contribution in [0.1, 0.15) is 27.3 Å². The quantitative estimate of drug-likeness (QED) is 0.796. The zero-order valence-electron chi connectivity index (χ0n) is 12.1. The molecule has 0 saturated carbocycles. The number of hydrogen-bond donors (Lipinski definition) is 3. The largest absolute Gasteiger partial charge is 0.351 e. The number of para-hydroxylation sites is 1. The molecule has 2 aromatic rings. The van der Waals surface area contributed by atoms with Crippen molar-refractivity contribution in [3.05, 3.63) is 40.4 Å². The lowest BCUT2D eigenvalue weighted by atomic mass is 10.2. The van der Waals surface area contributed by atoms with E-state index in [-0.39, 0.29) is 11.9 Å². The molecule has 22 heavy (non-hydrogen) atoms. The maximum atomic E-state index is 12.0. The number of thiazole rings is 1. The van der Waals surface area contributed by atoms with E-state index in [1.807, 2.05) is 31.2 Å². The van der Waals surface area contributed by atoms with E-state index in [0.717, 1.165) is 29.8 Å². The summed E-state index contributed by atoms with van der Waals surface area (Å²) in [5.74, 6) is -0.114. The summed E-state index contributed by atoms with van der Waals surface area (Å²) >= 11 is 1.20. The van der Waals surface area contributed by atoms with Crippen molar-refractivity contribution < 1.29 is 9.59 Å². The first-order valence-corrected chi connectivity index (χ1v) is 7.86. The molecule has 0 atom stereocenters. The van der Waals surface area contributed by atoms with Crippen LogP contribution in [0.5, 0.6) is 0 Å². The van der Waals surface area contributed by atoms with E-state index in [1.54, 1.807) is 0 Å². The molecule has 0 radical (unpaired) electrons. The van der Waals surface area contributed by atoms with Crippen LogP contribution in [0.15, 0.2) is 24.3 Å². The van der Waals surface area contributed by atoms with Crippen molar-refractivity contribution in [3.8, 4) is 0 Å². The number of urea groups is 1. The van der Waals surface area contributed by atoms with Gasteiger partial charge in [0.2, 0.25) is 0 Å². The first-order chi connectivity index (χ1) is 10.6. The maximum Gasteiger partial charge on any atom is 0.325 e. The molecule has 0 unspecified atom stereocenters. The number of amides is 3. The number of aryl methyl sites for hydroxylation is 2. The lowest BCUT2D eigenvalue weighted by Gasteiger charge is -2.07. The molecule has 1 aromatic carbocycles. The monoisotopic (exact) mass is 316 g/mol. The van der Waals surface area contributed by atoms with Gasteiger partial charge in [0.05, 0.1) is 5.69 Å². The molecule has 0 saturated heterocycles. The van der Waals surface area contributed by atoms with E-state index in [9.17, 15) is 9.59 Å². The van der Waals surface area contributed by atoms with Gasteiger partial charge in [-0.1, -0.05) is 29.5 Å². The van der Waals surface area contributed by atoms with Crippen LogP contribution in [0.4, 0.5) is 15.6 Å². The van der Waals surface area contributed by atoms with Crippen molar-refractivity contribution in [2.75, 3.05) is 17.2 Å². The van der Waals surface area contributed by atoms with Gasteiger partial charge in [-0.2, -0.15) is 0 Å². The minimum atomic E-state index is -0.362. The van der Waals surface area contributed by atoms with Crippen LogP contribution in [0.2, 0.25) is 0 Å². The molecule has 3 N–H and O–H groups in total. The van der Waals surface area contributed by atoms with Crippen LogP contribution in [0.25, 0.3) is 0 Å². The van der Waals surface area contributed by atoms with E-state index in [1.165, 1.54) is 11.3 Å². The maximum absolute atomic E-state index is 12.0. The van der Waals surface area contributed by atoms with Crippen molar-refractivity contribution in [1.29, 1.82) is 0 Å². The highest BCUT2D eigenvalue weighted by Gasteiger charge is 2.21. The van der Waals surface area contributed by atoms with Gasteiger partial charge >= 0.3 is 6.03 Å². The fraction of sp³-hybridized carbons (Fsp3) is 0.267. The highest BCUT2D eigenvalue weighted by Crippen LogP contribution is 2.25. The fourth-order valence-electron chi connectivity index (χ4n) is 2.25. The third kappa shape index (κ3) is 3.09. The van der Waals surface area contributed by atoms with E-state index < -0.39 is 0 Å². The van der Waals surface area contributed by atoms with Crippen LogP contribution in [-0.2, 0) is 6.42 Å². The number of carbonyl (C=O) groups excluding carboxylic acids is 2. The number of fused-ring (bicyclic) bond motifs is 1. The molecule has 114 valence electrons. The lowest BCUT2D eigenvalue weighted by Crippen LogP contribution is -2.21. The minimum Gasteiger partial charge on any atom is -0.351 e. The fourth-order valence-corrected chi connectivity index (χ4v) is 3.18. The number of nitrogens with one attached hydrogen (secondary N) is 3. The van der Waals surface area contributed by atoms with Crippen LogP contribution >= 0.6 is 11.3 Å². The molecule has 0 aliphatic carbocycles. The second-order valence-corrected chi connectivity index (χ2v) is 6.05. The van der Waals surface area contributed by atoms with E-state index in [4.69, 9.17) is 0 Å². The SMILES string of the molecule is Cc1ccccc1NC(=O)Nc1nc2c(s1)C(=O)NCCC2. The van der Waals surface area contributed by atoms with Crippen molar-refractivity contribution >= 4 is 34.1 Å². The van der Waals surface area contributed by atoms with E-state index in [2.05, 4.69) is 20.9 Å². The summed E-state index contributed by atoms with van der Waals surface area (Å²) in [5.41, 5.74) is 2.48. The molecule has 2 heterocycles. The molecule has 1 aliphatic heterocycles. The Kier molecular flexibility index (Phi) is 4.06. The van der Waals surface area contributed by atoms with Crippen LogP contribution in [-0.4, -0.2) is 23.5 Å². The van der Waals surface area contributed by atoms with Crippen molar-refractivity contribution in [3.63, 3.8) is 0 Å². The summed E-state index contributed by atoms with van der Waals surface area (Å²) in [5, 5.41) is 8.73. The van der Waals surface area contributed by atoms with Gasteiger partial charge in [0.1, 0.15) is 4.88 Å². The Morgan fingerprint density at radius 2 is 2.14 bits per heavy atom. The third-order valence-electron chi connectivity index (χ3n) is 3.39. The van der Waals surface area contributed by atoms with Gasteiger partial charge in [-0.15, -0.1) is 0 Å². The van der Waals surface area contributed by atoms with Gasteiger partial charge in [-0.3, -0.25) is 10.1 Å². The van der Waals surface area contributed by atoms with Gasteiger partial charge in [0.15, 0.2) is 5.13 Å². The Labute approximate surface area is 132 Å². The normalized spacial score (nSPS) is 13.8. The predicted octanol–water partition coefficient (Wildman–Crippen LogP) is 2.77. The number of rotatable bonds is 2. The van der Waals surface area contributed by atoms with Crippen LogP contribution in [0, 0.1) is 6.92 Å². The Morgan fingerprint density at radius 1 is 1.32 bits per heavy atom. The second kappa shape index (κ2) is 6.15. The summed E-state index contributed by atoms with van der Waals surface area (Å²) in [6.07, 6.45) is 1.60. The van der Waals surface area contributed by atoms with Gasteiger partial charge in [-0.05, 0) is 31.4 Å². The Bertz CT molecular complexity index is 726. The first-order valence-electron chi connectivity index (χ1n) is 7.05. The number of carbonyl (C=O) groups is 2. The molecule has 3 rings (SSSR count). The minimum absolute atomic E-state index is 0.114. The van der Waals surface area contributed by atoms with Crippen molar-refractivity contribution in [2.24, 2.45) is 0 Å². The summed E-state index contributed by atoms with van der Waals surface area (Å²) in [4.78, 5) is 28.8. The van der Waals surface area contributed by atoms with Crippen molar-refractivity contribution in [1.82, 2.24) is 10.3 Å². The number of nitrogens with zero attached hydrogens (tertiary/aromatic N) is 1. The number of benzene rings is 1. The Morgan fingerprint density at radius 3 is 2.95 bits per heavy atom. The first kappa shape index (κ1) is 14.5. The number of hydrogen-bond acceptors (Lipinski definition) is 4. The second-order valence-electron chi connectivity index (χ2n) is 5.05. The molecule has 1 aliphatic rings. The smallest absolute Gasteiger partial charge is 0.325 e. The lowest BCUT2D eigenvalue weighted by molar-refractivity contribution is 0.0960. The Balaban J connectivity index is 1.71. The van der Waals surface area contributed by atoms with Gasteiger partial charge in [0.25, 0.3) is 5.91 Å². The van der Waals surface area contributed by atoms with Gasteiger partial charge in [0, 0.05) is 12.2 Å². The third-order valence-corrected chi connectivity index (χ3v) is 4.41. The highest BCUT2D eigenvalue weighted by atomic mass is 32.1. The summed E-state index contributed by atoms with van der Waals surface area (Å²) < 4.78 is 0. The zero-order chi connectivity index (χ0) is 15.5. The molecule has 1 aromatic heterocycles. The molecule has 0 bridgehead atoms. The highest BCUT2D eigenvalue weighted by molar-refractivity contribution is 7.17. The molecule has 7 heteroatoms.